The SMILES string of the molecule is CCCN(C(=O)c1ccc(N2CCCC2)nc1)C1CCNC1. The topological polar surface area (TPSA) is 48.5 Å². The van der Waals surface area contributed by atoms with E-state index in [0.29, 0.717) is 11.6 Å². The van der Waals surface area contributed by atoms with Gasteiger partial charge in [-0.25, -0.2) is 4.98 Å². The molecule has 2 saturated heterocycles. The first-order valence-corrected chi connectivity index (χ1v) is 8.52. The molecule has 3 rings (SSSR count). The molecule has 1 aromatic rings. The van der Waals surface area contributed by atoms with E-state index in [2.05, 4.69) is 22.1 Å². The standard InChI is InChI=1S/C17H26N4O/c1-2-9-21(15-7-8-18-13-15)17(22)14-5-6-16(19-12-14)20-10-3-4-11-20/h5-6,12,15,18H,2-4,7-11,13H2,1H3. The van der Waals surface area contributed by atoms with E-state index in [4.69, 9.17) is 0 Å². The van der Waals surface area contributed by atoms with Crippen LogP contribution in [0.2, 0.25) is 0 Å². The highest BCUT2D eigenvalue weighted by Gasteiger charge is 2.27. The van der Waals surface area contributed by atoms with Crippen LogP contribution >= 0.6 is 0 Å². The molecule has 0 spiro atoms. The molecule has 1 unspecified atom stereocenters. The highest BCUT2D eigenvalue weighted by Crippen LogP contribution is 2.19. The summed E-state index contributed by atoms with van der Waals surface area (Å²) in [7, 11) is 0. The molecule has 1 amide bonds. The predicted molar refractivity (Wildman–Crippen MR) is 88.3 cm³/mol. The maximum atomic E-state index is 12.8. The number of anilines is 1. The summed E-state index contributed by atoms with van der Waals surface area (Å²) in [6.45, 7) is 7.01. The molecule has 2 fully saturated rings. The summed E-state index contributed by atoms with van der Waals surface area (Å²) in [5.41, 5.74) is 0.711. The zero-order valence-corrected chi connectivity index (χ0v) is 13.4. The lowest BCUT2D eigenvalue weighted by atomic mass is 10.1. The molecule has 1 N–H and O–H groups in total. The van der Waals surface area contributed by atoms with Gasteiger partial charge in [-0.05, 0) is 44.4 Å². The number of amides is 1. The van der Waals surface area contributed by atoms with Crippen molar-refractivity contribution in [2.24, 2.45) is 0 Å². The van der Waals surface area contributed by atoms with Crippen molar-refractivity contribution in [3.8, 4) is 0 Å². The zero-order valence-electron chi connectivity index (χ0n) is 13.4. The molecule has 2 aliphatic heterocycles. The van der Waals surface area contributed by atoms with Crippen molar-refractivity contribution >= 4 is 11.7 Å². The molecule has 1 aromatic heterocycles. The van der Waals surface area contributed by atoms with E-state index >= 15 is 0 Å². The number of pyridine rings is 1. The van der Waals surface area contributed by atoms with Crippen molar-refractivity contribution in [3.05, 3.63) is 23.9 Å². The number of carbonyl (C=O) groups excluding carboxylic acids is 1. The molecule has 5 nitrogen and oxygen atoms in total. The second-order valence-electron chi connectivity index (χ2n) is 6.24. The fourth-order valence-corrected chi connectivity index (χ4v) is 3.41. The highest BCUT2D eigenvalue weighted by atomic mass is 16.2. The lowest BCUT2D eigenvalue weighted by Gasteiger charge is -2.28. The molecule has 3 heterocycles. The Kier molecular flexibility index (Phi) is 4.93. The van der Waals surface area contributed by atoms with Gasteiger partial charge in [-0.15, -0.1) is 0 Å². The monoisotopic (exact) mass is 302 g/mol. The van der Waals surface area contributed by atoms with Gasteiger partial charge >= 0.3 is 0 Å². The van der Waals surface area contributed by atoms with Crippen molar-refractivity contribution in [2.75, 3.05) is 37.6 Å². The molecule has 22 heavy (non-hydrogen) atoms. The minimum atomic E-state index is 0.121. The molecule has 1 atom stereocenters. The Morgan fingerprint density at radius 3 is 2.82 bits per heavy atom. The van der Waals surface area contributed by atoms with Crippen LogP contribution in [0.1, 0.15) is 43.0 Å². The number of nitrogens with zero attached hydrogens (tertiary/aromatic N) is 3. The van der Waals surface area contributed by atoms with Crippen molar-refractivity contribution in [1.82, 2.24) is 15.2 Å². The summed E-state index contributed by atoms with van der Waals surface area (Å²) in [5, 5.41) is 3.35. The first kappa shape index (κ1) is 15.3. The number of hydrogen-bond donors (Lipinski definition) is 1. The van der Waals surface area contributed by atoms with Crippen LogP contribution in [0.4, 0.5) is 5.82 Å². The lowest BCUT2D eigenvalue weighted by molar-refractivity contribution is 0.0692. The van der Waals surface area contributed by atoms with Crippen LogP contribution in [-0.4, -0.2) is 54.6 Å². The Balaban J connectivity index is 1.71. The highest BCUT2D eigenvalue weighted by molar-refractivity contribution is 5.94. The Morgan fingerprint density at radius 2 is 2.23 bits per heavy atom. The fourth-order valence-electron chi connectivity index (χ4n) is 3.41. The summed E-state index contributed by atoms with van der Waals surface area (Å²) in [4.78, 5) is 21.6. The van der Waals surface area contributed by atoms with E-state index in [1.165, 1.54) is 12.8 Å². The van der Waals surface area contributed by atoms with Gasteiger partial charge in [-0.2, -0.15) is 0 Å². The summed E-state index contributed by atoms with van der Waals surface area (Å²) in [5.74, 6) is 1.12. The van der Waals surface area contributed by atoms with Gasteiger partial charge < -0.3 is 15.1 Å². The molecule has 0 aliphatic carbocycles. The third-order valence-corrected chi connectivity index (χ3v) is 4.63. The minimum Gasteiger partial charge on any atom is -0.357 e. The lowest BCUT2D eigenvalue weighted by Crippen LogP contribution is -2.42. The Bertz CT molecular complexity index is 490. The first-order chi connectivity index (χ1) is 10.8. The summed E-state index contributed by atoms with van der Waals surface area (Å²) in [6, 6.07) is 4.26. The number of nitrogens with one attached hydrogen (secondary N) is 1. The molecule has 0 radical (unpaired) electrons. The quantitative estimate of drug-likeness (QED) is 0.902. The van der Waals surface area contributed by atoms with Crippen LogP contribution in [0.25, 0.3) is 0 Å². The normalized spacial score (nSPS) is 21.3. The van der Waals surface area contributed by atoms with Gasteiger partial charge in [0.1, 0.15) is 5.82 Å². The van der Waals surface area contributed by atoms with E-state index in [1.54, 1.807) is 6.20 Å². The molecule has 0 bridgehead atoms. The summed E-state index contributed by atoms with van der Waals surface area (Å²) < 4.78 is 0. The third-order valence-electron chi connectivity index (χ3n) is 4.63. The van der Waals surface area contributed by atoms with Crippen molar-refractivity contribution in [3.63, 3.8) is 0 Å². The minimum absolute atomic E-state index is 0.121. The van der Waals surface area contributed by atoms with E-state index in [0.717, 1.165) is 51.4 Å². The maximum absolute atomic E-state index is 12.8. The molecule has 0 aromatic carbocycles. The van der Waals surface area contributed by atoms with Gasteiger partial charge in [0.25, 0.3) is 5.91 Å². The fraction of sp³-hybridized carbons (Fsp3) is 0.647. The van der Waals surface area contributed by atoms with Crippen molar-refractivity contribution in [1.29, 1.82) is 0 Å². The number of carbonyl (C=O) groups is 1. The van der Waals surface area contributed by atoms with Gasteiger partial charge in [0.15, 0.2) is 0 Å². The zero-order chi connectivity index (χ0) is 15.4. The predicted octanol–water partition coefficient (Wildman–Crippen LogP) is 1.90. The van der Waals surface area contributed by atoms with Crippen LogP contribution in [0.3, 0.4) is 0 Å². The molecular formula is C17H26N4O. The second kappa shape index (κ2) is 7.09. The van der Waals surface area contributed by atoms with Gasteiger partial charge in [-0.3, -0.25) is 4.79 Å². The Labute approximate surface area is 132 Å². The average Bonchev–Trinajstić information content (AvgIpc) is 3.25. The van der Waals surface area contributed by atoms with Crippen molar-refractivity contribution < 1.29 is 4.79 Å². The molecule has 5 heteroatoms. The number of hydrogen-bond acceptors (Lipinski definition) is 4. The third kappa shape index (κ3) is 3.24. The second-order valence-corrected chi connectivity index (χ2v) is 6.24. The smallest absolute Gasteiger partial charge is 0.255 e. The van der Waals surface area contributed by atoms with E-state index in [9.17, 15) is 4.79 Å². The largest absolute Gasteiger partial charge is 0.357 e. The molecule has 0 saturated carbocycles. The van der Waals surface area contributed by atoms with E-state index in [1.807, 2.05) is 17.0 Å². The Hall–Kier alpha value is -1.62. The van der Waals surface area contributed by atoms with Crippen LogP contribution in [0.5, 0.6) is 0 Å². The summed E-state index contributed by atoms with van der Waals surface area (Å²) in [6.07, 6.45) is 6.26. The molecule has 2 aliphatic rings. The number of aromatic nitrogens is 1. The van der Waals surface area contributed by atoms with E-state index < -0.39 is 0 Å². The van der Waals surface area contributed by atoms with Crippen molar-refractivity contribution in [2.45, 2.75) is 38.6 Å². The average molecular weight is 302 g/mol. The molecule has 120 valence electrons. The Morgan fingerprint density at radius 1 is 1.41 bits per heavy atom. The van der Waals surface area contributed by atoms with E-state index in [-0.39, 0.29) is 5.91 Å². The number of rotatable bonds is 5. The van der Waals surface area contributed by atoms with Gasteiger partial charge in [0.05, 0.1) is 5.56 Å². The van der Waals surface area contributed by atoms with Crippen LogP contribution in [0.15, 0.2) is 18.3 Å². The summed E-state index contributed by atoms with van der Waals surface area (Å²) >= 11 is 0. The molecular weight excluding hydrogens is 276 g/mol. The van der Waals surface area contributed by atoms with Gasteiger partial charge in [-0.1, -0.05) is 6.92 Å². The van der Waals surface area contributed by atoms with Crippen LogP contribution in [-0.2, 0) is 0 Å². The van der Waals surface area contributed by atoms with Gasteiger partial charge in [0, 0.05) is 38.4 Å². The van der Waals surface area contributed by atoms with Gasteiger partial charge in [0.2, 0.25) is 0 Å². The van der Waals surface area contributed by atoms with Crippen LogP contribution in [0, 0.1) is 0 Å². The van der Waals surface area contributed by atoms with Crippen LogP contribution < -0.4 is 10.2 Å². The maximum Gasteiger partial charge on any atom is 0.255 e. The first-order valence-electron chi connectivity index (χ1n) is 8.52.